The largest absolute Gasteiger partial charge is 0.335 e. The number of nitrogens with zero attached hydrogens (tertiary/aromatic N) is 2. The number of benzene rings is 2. The molecule has 1 saturated heterocycles. The molecule has 0 saturated carbocycles. The molecule has 0 radical (unpaired) electrons. The van der Waals surface area contributed by atoms with Gasteiger partial charge in [0.25, 0.3) is 5.91 Å². The van der Waals surface area contributed by atoms with E-state index in [1.54, 1.807) is 36.4 Å². The predicted molar refractivity (Wildman–Crippen MR) is 126 cm³/mol. The number of nitrogens with one attached hydrogen (secondary N) is 1. The van der Waals surface area contributed by atoms with E-state index in [1.807, 2.05) is 47.5 Å². The average Bonchev–Trinajstić information content (AvgIpc) is 3.39. The topological polar surface area (TPSA) is 69.7 Å². The maximum atomic E-state index is 13.0. The van der Waals surface area contributed by atoms with Crippen LogP contribution in [0.15, 0.2) is 72.1 Å². The smallest absolute Gasteiger partial charge is 0.264 e. The van der Waals surface area contributed by atoms with Crippen molar-refractivity contribution in [3.8, 4) is 0 Å². The molecule has 0 aliphatic carbocycles. The van der Waals surface area contributed by atoms with E-state index in [2.05, 4.69) is 10.2 Å². The van der Waals surface area contributed by atoms with Crippen LogP contribution in [0.3, 0.4) is 0 Å². The first-order valence-electron chi connectivity index (χ1n) is 10.6. The van der Waals surface area contributed by atoms with E-state index < -0.39 is 0 Å². The van der Waals surface area contributed by atoms with Crippen LogP contribution >= 0.6 is 11.3 Å². The van der Waals surface area contributed by atoms with Gasteiger partial charge in [-0.3, -0.25) is 19.3 Å². The van der Waals surface area contributed by atoms with Gasteiger partial charge in [-0.2, -0.15) is 0 Å². The van der Waals surface area contributed by atoms with Gasteiger partial charge < -0.3 is 10.2 Å². The molecule has 1 fully saturated rings. The van der Waals surface area contributed by atoms with Crippen molar-refractivity contribution in [1.82, 2.24) is 9.80 Å². The molecule has 7 heteroatoms. The van der Waals surface area contributed by atoms with E-state index in [-0.39, 0.29) is 23.6 Å². The van der Waals surface area contributed by atoms with Crippen LogP contribution in [0.1, 0.15) is 32.5 Å². The van der Waals surface area contributed by atoms with Crippen LogP contribution in [-0.4, -0.2) is 59.6 Å². The monoisotopic (exact) mass is 447 g/mol. The second-order valence-electron chi connectivity index (χ2n) is 7.71. The number of hydrogen-bond donors (Lipinski definition) is 1. The summed E-state index contributed by atoms with van der Waals surface area (Å²) in [5.74, 6) is -0.253. The van der Waals surface area contributed by atoms with Crippen LogP contribution in [-0.2, 0) is 4.79 Å². The van der Waals surface area contributed by atoms with Gasteiger partial charge in [0.1, 0.15) is 0 Å². The normalized spacial score (nSPS) is 15.2. The first kappa shape index (κ1) is 21.9. The summed E-state index contributed by atoms with van der Waals surface area (Å²) in [6.07, 6.45) is 0. The van der Waals surface area contributed by atoms with Crippen molar-refractivity contribution in [2.75, 3.05) is 31.5 Å². The number of ketones is 1. The Kier molecular flexibility index (Phi) is 6.78. The first-order chi connectivity index (χ1) is 15.5. The van der Waals surface area contributed by atoms with E-state index in [4.69, 9.17) is 0 Å². The van der Waals surface area contributed by atoms with Gasteiger partial charge in [-0.15, -0.1) is 11.3 Å². The minimum atomic E-state index is -0.381. The lowest BCUT2D eigenvalue weighted by atomic mass is 10.0. The highest BCUT2D eigenvalue weighted by atomic mass is 32.1. The van der Waals surface area contributed by atoms with Gasteiger partial charge in [-0.05, 0) is 30.5 Å². The summed E-state index contributed by atoms with van der Waals surface area (Å²) < 4.78 is 0. The fourth-order valence-electron chi connectivity index (χ4n) is 3.81. The third-order valence-corrected chi connectivity index (χ3v) is 6.58. The highest BCUT2D eigenvalue weighted by molar-refractivity contribution is 7.12. The maximum absolute atomic E-state index is 13.0. The number of hydrogen-bond acceptors (Lipinski definition) is 5. The Morgan fingerprint density at radius 2 is 1.56 bits per heavy atom. The summed E-state index contributed by atoms with van der Waals surface area (Å²) in [5.41, 5.74) is 1.55. The molecule has 2 heterocycles. The lowest BCUT2D eigenvalue weighted by molar-refractivity contribution is -0.121. The minimum absolute atomic E-state index is 0.0464. The summed E-state index contributed by atoms with van der Waals surface area (Å²) in [7, 11) is 0. The molecule has 164 valence electrons. The predicted octanol–water partition coefficient (Wildman–Crippen LogP) is 3.76. The van der Waals surface area contributed by atoms with Crippen LogP contribution in [0.25, 0.3) is 0 Å². The standard InChI is InChI=1S/C25H25N3O3S/c1-18(27-13-15-28(16-14-27)25(31)22-12-7-17-32-22)24(30)26-21-11-6-5-10-20(21)23(29)19-8-3-2-4-9-19/h2-12,17-18H,13-16H2,1H3,(H,26,30). The van der Waals surface area contributed by atoms with Crippen molar-refractivity contribution >= 4 is 34.6 Å². The first-order valence-corrected chi connectivity index (χ1v) is 11.5. The van der Waals surface area contributed by atoms with Crippen LogP contribution < -0.4 is 5.32 Å². The molecule has 2 aromatic carbocycles. The minimum Gasteiger partial charge on any atom is -0.335 e. The summed E-state index contributed by atoms with van der Waals surface area (Å²) in [6.45, 7) is 4.26. The van der Waals surface area contributed by atoms with E-state index in [0.29, 0.717) is 43.0 Å². The third kappa shape index (κ3) is 4.79. The second-order valence-corrected chi connectivity index (χ2v) is 8.66. The zero-order valence-corrected chi connectivity index (χ0v) is 18.7. The SMILES string of the molecule is CC(C(=O)Nc1ccccc1C(=O)c1ccccc1)N1CCN(C(=O)c2cccs2)CC1. The molecule has 1 unspecified atom stereocenters. The van der Waals surface area contributed by atoms with E-state index in [1.165, 1.54) is 11.3 Å². The third-order valence-electron chi connectivity index (χ3n) is 5.73. The molecule has 1 atom stereocenters. The molecule has 2 amide bonds. The van der Waals surface area contributed by atoms with Crippen LogP contribution in [0.5, 0.6) is 0 Å². The zero-order valence-electron chi connectivity index (χ0n) is 17.9. The number of rotatable bonds is 6. The molecule has 6 nitrogen and oxygen atoms in total. The lowest BCUT2D eigenvalue weighted by Gasteiger charge is -2.37. The zero-order chi connectivity index (χ0) is 22.5. The van der Waals surface area contributed by atoms with Gasteiger partial charge in [0, 0.05) is 37.3 Å². The van der Waals surface area contributed by atoms with Crippen LogP contribution in [0.4, 0.5) is 5.69 Å². The van der Waals surface area contributed by atoms with E-state index in [0.717, 1.165) is 4.88 Å². The number of thiophene rings is 1. The Hall–Kier alpha value is -3.29. The quantitative estimate of drug-likeness (QED) is 0.584. The highest BCUT2D eigenvalue weighted by Crippen LogP contribution is 2.21. The van der Waals surface area contributed by atoms with Crippen molar-refractivity contribution in [1.29, 1.82) is 0 Å². The van der Waals surface area contributed by atoms with Gasteiger partial charge >= 0.3 is 0 Å². The molecule has 1 aliphatic rings. The van der Waals surface area contributed by atoms with E-state index in [9.17, 15) is 14.4 Å². The Morgan fingerprint density at radius 1 is 0.875 bits per heavy atom. The molecule has 0 bridgehead atoms. The number of para-hydroxylation sites is 1. The van der Waals surface area contributed by atoms with Crippen molar-refractivity contribution < 1.29 is 14.4 Å². The Morgan fingerprint density at radius 3 is 2.25 bits per heavy atom. The molecule has 32 heavy (non-hydrogen) atoms. The van der Waals surface area contributed by atoms with Crippen molar-refractivity contribution in [3.05, 3.63) is 88.1 Å². The second kappa shape index (κ2) is 9.89. The van der Waals surface area contributed by atoms with Gasteiger partial charge in [-0.25, -0.2) is 0 Å². The molecule has 1 aliphatic heterocycles. The van der Waals surface area contributed by atoms with E-state index >= 15 is 0 Å². The highest BCUT2D eigenvalue weighted by Gasteiger charge is 2.28. The molecular weight excluding hydrogens is 422 g/mol. The van der Waals surface area contributed by atoms with Crippen molar-refractivity contribution in [2.45, 2.75) is 13.0 Å². The number of anilines is 1. The summed E-state index contributed by atoms with van der Waals surface area (Å²) in [6, 6.07) is 19.4. The Bertz CT molecular complexity index is 1090. The number of piperazine rings is 1. The Balaban J connectivity index is 1.39. The molecule has 3 aromatic rings. The molecule has 1 aromatic heterocycles. The van der Waals surface area contributed by atoms with Gasteiger partial charge in [-0.1, -0.05) is 48.5 Å². The fourth-order valence-corrected chi connectivity index (χ4v) is 4.50. The van der Waals surface area contributed by atoms with Crippen LogP contribution in [0, 0.1) is 0 Å². The number of carbonyl (C=O) groups excluding carboxylic acids is 3. The average molecular weight is 448 g/mol. The summed E-state index contributed by atoms with van der Waals surface area (Å²) >= 11 is 1.44. The van der Waals surface area contributed by atoms with Crippen LogP contribution in [0.2, 0.25) is 0 Å². The van der Waals surface area contributed by atoms with Gasteiger partial charge in [0.2, 0.25) is 5.91 Å². The number of amides is 2. The van der Waals surface area contributed by atoms with Crippen molar-refractivity contribution in [3.63, 3.8) is 0 Å². The Labute approximate surface area is 191 Å². The van der Waals surface area contributed by atoms with Crippen molar-refractivity contribution in [2.24, 2.45) is 0 Å². The van der Waals surface area contributed by atoms with Gasteiger partial charge in [0.15, 0.2) is 5.78 Å². The summed E-state index contributed by atoms with van der Waals surface area (Å²) in [5, 5.41) is 4.83. The maximum Gasteiger partial charge on any atom is 0.264 e. The number of carbonyl (C=O) groups is 3. The molecule has 0 spiro atoms. The molecular formula is C25H25N3O3S. The van der Waals surface area contributed by atoms with Gasteiger partial charge in [0.05, 0.1) is 16.6 Å². The fraction of sp³-hybridized carbons (Fsp3) is 0.240. The molecule has 4 rings (SSSR count). The molecule has 1 N–H and O–H groups in total. The lowest BCUT2D eigenvalue weighted by Crippen LogP contribution is -2.54. The summed E-state index contributed by atoms with van der Waals surface area (Å²) in [4.78, 5) is 43.1.